The third-order valence-electron chi connectivity index (χ3n) is 5.17. The number of aryl methyl sites for hydroxylation is 1. The fourth-order valence-corrected chi connectivity index (χ4v) is 3.83. The predicted octanol–water partition coefficient (Wildman–Crippen LogP) is 5.58. The highest BCUT2D eigenvalue weighted by Crippen LogP contribution is 2.35. The Morgan fingerprint density at radius 1 is 1.18 bits per heavy atom. The van der Waals surface area contributed by atoms with Crippen LogP contribution in [0.3, 0.4) is 0 Å². The summed E-state index contributed by atoms with van der Waals surface area (Å²) in [6.45, 7) is 5.99. The summed E-state index contributed by atoms with van der Waals surface area (Å²) in [7, 11) is 1.55. The van der Waals surface area contributed by atoms with E-state index in [9.17, 15) is 18.0 Å². The van der Waals surface area contributed by atoms with Crippen molar-refractivity contribution in [3.63, 3.8) is 0 Å². The van der Waals surface area contributed by atoms with E-state index in [0.29, 0.717) is 5.52 Å². The first-order valence-corrected chi connectivity index (χ1v) is 9.44. The zero-order valence-corrected chi connectivity index (χ0v) is 16.8. The summed E-state index contributed by atoms with van der Waals surface area (Å²) in [5.74, 6) is 0.449. The molecule has 0 N–H and O–H groups in total. The summed E-state index contributed by atoms with van der Waals surface area (Å²) in [5.41, 5.74) is 1.41. The number of nitrogens with zero attached hydrogens (tertiary/aromatic N) is 3. The molecular formula is C20H21ClF3N3O. The van der Waals surface area contributed by atoms with E-state index in [1.807, 2.05) is 13.0 Å². The van der Waals surface area contributed by atoms with Gasteiger partial charge in [0.15, 0.2) is 5.82 Å². The van der Waals surface area contributed by atoms with Gasteiger partial charge in [-0.15, -0.1) is 5.10 Å². The Bertz CT molecular complexity index is 1090. The summed E-state index contributed by atoms with van der Waals surface area (Å²) < 4.78 is 41.7. The average Bonchev–Trinajstić information content (AvgIpc) is 2.95. The summed E-state index contributed by atoms with van der Waals surface area (Å²) in [6, 6.07) is 5.00. The topological polar surface area (TPSA) is 39.3 Å². The summed E-state index contributed by atoms with van der Waals surface area (Å²) >= 11 is 6.12. The van der Waals surface area contributed by atoms with Gasteiger partial charge >= 0.3 is 6.18 Å². The third kappa shape index (κ3) is 3.32. The molecule has 3 aromatic rings. The lowest BCUT2D eigenvalue weighted by Crippen LogP contribution is -2.24. The maximum Gasteiger partial charge on any atom is 0.416 e. The number of rotatable bonds is 4. The molecule has 2 aromatic heterocycles. The van der Waals surface area contributed by atoms with E-state index in [-0.39, 0.29) is 27.9 Å². The highest BCUT2D eigenvalue weighted by atomic mass is 35.5. The van der Waals surface area contributed by atoms with E-state index < -0.39 is 11.7 Å². The lowest BCUT2D eigenvalue weighted by atomic mass is 9.95. The van der Waals surface area contributed by atoms with E-state index >= 15 is 0 Å². The van der Waals surface area contributed by atoms with E-state index in [4.69, 9.17) is 11.6 Å². The van der Waals surface area contributed by atoms with Crippen molar-refractivity contribution < 1.29 is 13.2 Å². The molecule has 0 unspecified atom stereocenters. The Morgan fingerprint density at radius 3 is 2.36 bits per heavy atom. The minimum absolute atomic E-state index is 0.110. The normalized spacial score (nSPS) is 12.3. The van der Waals surface area contributed by atoms with Crippen molar-refractivity contribution in [3.8, 4) is 11.4 Å². The Morgan fingerprint density at radius 2 is 1.82 bits per heavy atom. The van der Waals surface area contributed by atoms with Crippen LogP contribution in [0.25, 0.3) is 16.9 Å². The van der Waals surface area contributed by atoms with E-state index in [1.165, 1.54) is 10.6 Å². The van der Waals surface area contributed by atoms with Crippen molar-refractivity contribution in [2.75, 3.05) is 0 Å². The number of halogens is 4. The van der Waals surface area contributed by atoms with E-state index in [2.05, 4.69) is 18.9 Å². The van der Waals surface area contributed by atoms with E-state index in [1.54, 1.807) is 11.6 Å². The molecule has 8 heteroatoms. The smallest absolute Gasteiger partial charge is 0.292 e. The number of aromatic nitrogens is 3. The van der Waals surface area contributed by atoms with Crippen LogP contribution in [0.2, 0.25) is 5.02 Å². The standard InChI is InChI=1S/C20H21ClF3N3O/c1-5-12(6-2)15-9-11(3)27-17(15)19(28)26(4)18(25-27)14-8-7-13(10-16(14)21)20(22,23)24/h7-10,12H,5-6H2,1-4H3. The molecule has 0 aliphatic carbocycles. The van der Waals surface area contributed by atoms with Crippen LogP contribution in [0.1, 0.15) is 49.4 Å². The monoisotopic (exact) mass is 411 g/mol. The van der Waals surface area contributed by atoms with Gasteiger partial charge in [0, 0.05) is 18.3 Å². The molecule has 0 saturated carbocycles. The summed E-state index contributed by atoms with van der Waals surface area (Å²) in [5, 5.41) is 4.43. The van der Waals surface area contributed by atoms with Crippen LogP contribution in [0.15, 0.2) is 29.1 Å². The van der Waals surface area contributed by atoms with Gasteiger partial charge in [-0.25, -0.2) is 4.52 Å². The predicted molar refractivity (Wildman–Crippen MR) is 104 cm³/mol. The summed E-state index contributed by atoms with van der Waals surface area (Å²) in [6.07, 6.45) is -2.71. The SMILES string of the molecule is CCC(CC)c1cc(C)n2nc(-c3ccc(C(F)(F)F)cc3Cl)n(C)c(=O)c12. The van der Waals surface area contributed by atoms with Gasteiger partial charge in [-0.3, -0.25) is 9.36 Å². The first-order valence-electron chi connectivity index (χ1n) is 9.06. The molecule has 0 aliphatic heterocycles. The Balaban J connectivity index is 2.27. The summed E-state index contributed by atoms with van der Waals surface area (Å²) in [4.78, 5) is 13.1. The molecule has 3 rings (SSSR count). The van der Waals surface area contributed by atoms with Gasteiger partial charge in [-0.05, 0) is 55.5 Å². The van der Waals surface area contributed by atoms with Gasteiger partial charge in [-0.1, -0.05) is 25.4 Å². The fraction of sp³-hybridized carbons (Fsp3) is 0.400. The fourth-order valence-electron chi connectivity index (χ4n) is 3.56. The quantitative estimate of drug-likeness (QED) is 0.561. The minimum Gasteiger partial charge on any atom is -0.292 e. The van der Waals surface area contributed by atoms with Gasteiger partial charge < -0.3 is 0 Å². The molecule has 2 heterocycles. The average molecular weight is 412 g/mol. The maximum absolute atomic E-state index is 13.1. The number of hydrogen-bond acceptors (Lipinski definition) is 2. The molecule has 0 atom stereocenters. The van der Waals surface area contributed by atoms with Crippen LogP contribution in [0.4, 0.5) is 13.2 Å². The lowest BCUT2D eigenvalue weighted by molar-refractivity contribution is -0.137. The number of fused-ring (bicyclic) bond motifs is 1. The molecule has 0 bridgehead atoms. The van der Waals surface area contributed by atoms with Gasteiger partial charge in [0.05, 0.1) is 10.6 Å². The van der Waals surface area contributed by atoms with Crippen molar-refractivity contribution in [1.29, 1.82) is 0 Å². The highest BCUT2D eigenvalue weighted by molar-refractivity contribution is 6.33. The minimum atomic E-state index is -4.49. The van der Waals surface area contributed by atoms with Crippen molar-refractivity contribution in [2.24, 2.45) is 7.05 Å². The molecule has 0 spiro atoms. The van der Waals surface area contributed by atoms with Crippen molar-refractivity contribution >= 4 is 17.1 Å². The zero-order chi connectivity index (χ0) is 20.8. The van der Waals surface area contributed by atoms with Gasteiger partial charge in [0.2, 0.25) is 0 Å². The second kappa shape index (κ2) is 7.28. The first kappa shape index (κ1) is 20.5. The largest absolute Gasteiger partial charge is 0.416 e. The van der Waals surface area contributed by atoms with Crippen molar-refractivity contribution in [1.82, 2.24) is 14.2 Å². The second-order valence-corrected chi connectivity index (χ2v) is 7.30. The molecule has 0 amide bonds. The van der Waals surface area contributed by atoms with Crippen LogP contribution in [0.5, 0.6) is 0 Å². The number of benzene rings is 1. The molecule has 28 heavy (non-hydrogen) atoms. The second-order valence-electron chi connectivity index (χ2n) is 6.90. The number of alkyl halides is 3. The molecule has 0 radical (unpaired) electrons. The van der Waals surface area contributed by atoms with E-state index in [0.717, 1.165) is 36.2 Å². The van der Waals surface area contributed by atoms with Crippen LogP contribution < -0.4 is 5.56 Å². The van der Waals surface area contributed by atoms with Gasteiger partial charge in [0.25, 0.3) is 5.56 Å². The third-order valence-corrected chi connectivity index (χ3v) is 5.48. The zero-order valence-electron chi connectivity index (χ0n) is 16.1. The Labute approximate surface area is 165 Å². The van der Waals surface area contributed by atoms with Crippen molar-refractivity contribution in [2.45, 2.75) is 45.7 Å². The maximum atomic E-state index is 13.1. The lowest BCUT2D eigenvalue weighted by Gasteiger charge is -2.14. The van der Waals surface area contributed by atoms with Crippen LogP contribution in [0, 0.1) is 6.92 Å². The molecule has 1 aromatic carbocycles. The Kier molecular flexibility index (Phi) is 5.32. The number of hydrogen-bond donors (Lipinski definition) is 0. The van der Waals surface area contributed by atoms with Crippen LogP contribution in [-0.4, -0.2) is 14.2 Å². The van der Waals surface area contributed by atoms with Gasteiger partial charge in [0.1, 0.15) is 5.52 Å². The van der Waals surface area contributed by atoms with Crippen molar-refractivity contribution in [3.05, 3.63) is 56.5 Å². The highest BCUT2D eigenvalue weighted by Gasteiger charge is 2.31. The molecular weight excluding hydrogens is 391 g/mol. The molecule has 0 fully saturated rings. The Hall–Kier alpha value is -2.28. The molecule has 0 aliphatic rings. The molecule has 0 saturated heterocycles. The molecule has 4 nitrogen and oxygen atoms in total. The van der Waals surface area contributed by atoms with Crippen LogP contribution in [-0.2, 0) is 13.2 Å². The first-order chi connectivity index (χ1) is 13.1. The molecule has 150 valence electrons. The van der Waals surface area contributed by atoms with Gasteiger partial charge in [-0.2, -0.15) is 13.2 Å². The van der Waals surface area contributed by atoms with Crippen LogP contribution >= 0.6 is 11.6 Å².